The molecule has 1 saturated heterocycles. The summed E-state index contributed by atoms with van der Waals surface area (Å²) in [5.41, 5.74) is 5.72. The highest BCUT2D eigenvalue weighted by Gasteiger charge is 2.21. The first kappa shape index (κ1) is 18.6. The van der Waals surface area contributed by atoms with E-state index in [1.165, 1.54) is 11.1 Å². The van der Waals surface area contributed by atoms with Crippen LogP contribution < -0.4 is 4.90 Å². The maximum atomic E-state index is 4.88. The summed E-state index contributed by atoms with van der Waals surface area (Å²) in [6.45, 7) is 11.4. The van der Waals surface area contributed by atoms with Crippen molar-refractivity contribution in [2.75, 3.05) is 31.1 Å². The molecule has 5 heteroatoms. The van der Waals surface area contributed by atoms with E-state index in [-0.39, 0.29) is 0 Å². The van der Waals surface area contributed by atoms with Crippen molar-refractivity contribution in [3.63, 3.8) is 0 Å². The first-order chi connectivity index (χ1) is 13.6. The molecule has 3 heterocycles. The second-order valence-corrected chi connectivity index (χ2v) is 7.55. The average Bonchev–Trinajstić information content (AvgIpc) is 2.71. The molecule has 0 saturated carbocycles. The zero-order valence-electron chi connectivity index (χ0n) is 16.9. The first-order valence-corrected chi connectivity index (χ1v) is 9.89. The summed E-state index contributed by atoms with van der Waals surface area (Å²) in [5, 5.41) is 0. The molecule has 0 aliphatic carbocycles. The summed E-state index contributed by atoms with van der Waals surface area (Å²) >= 11 is 0. The van der Waals surface area contributed by atoms with Gasteiger partial charge in [0.15, 0.2) is 5.82 Å². The fourth-order valence-electron chi connectivity index (χ4n) is 3.72. The second kappa shape index (κ2) is 8.07. The predicted molar refractivity (Wildman–Crippen MR) is 113 cm³/mol. The SMILES string of the molecule is Cc1cccc(CN2CCN(c3nc(-c4ccccn4)nc(C)c3C)CC2)c1. The molecular formula is C23H27N5. The van der Waals surface area contributed by atoms with Crippen molar-refractivity contribution in [1.29, 1.82) is 0 Å². The fourth-order valence-corrected chi connectivity index (χ4v) is 3.72. The van der Waals surface area contributed by atoms with Crippen LogP contribution in [-0.4, -0.2) is 46.0 Å². The van der Waals surface area contributed by atoms with Crippen molar-refractivity contribution in [3.05, 3.63) is 71.0 Å². The largest absolute Gasteiger partial charge is 0.354 e. The Morgan fingerprint density at radius 3 is 2.43 bits per heavy atom. The maximum Gasteiger partial charge on any atom is 0.180 e. The molecule has 2 aromatic heterocycles. The number of benzene rings is 1. The molecule has 0 unspecified atom stereocenters. The summed E-state index contributed by atoms with van der Waals surface area (Å²) in [7, 11) is 0. The van der Waals surface area contributed by atoms with Crippen LogP contribution >= 0.6 is 0 Å². The Morgan fingerprint density at radius 2 is 1.71 bits per heavy atom. The number of pyridine rings is 1. The number of aryl methyl sites for hydroxylation is 2. The van der Waals surface area contributed by atoms with Gasteiger partial charge >= 0.3 is 0 Å². The molecule has 1 aromatic carbocycles. The van der Waals surface area contributed by atoms with Gasteiger partial charge in [-0.05, 0) is 38.5 Å². The van der Waals surface area contributed by atoms with Crippen molar-refractivity contribution < 1.29 is 0 Å². The van der Waals surface area contributed by atoms with E-state index in [4.69, 9.17) is 4.98 Å². The minimum atomic E-state index is 0.709. The lowest BCUT2D eigenvalue weighted by molar-refractivity contribution is 0.249. The van der Waals surface area contributed by atoms with Gasteiger partial charge in [-0.2, -0.15) is 0 Å². The summed E-state index contributed by atoms with van der Waals surface area (Å²) in [6, 6.07) is 14.7. The highest BCUT2D eigenvalue weighted by molar-refractivity contribution is 5.57. The lowest BCUT2D eigenvalue weighted by Gasteiger charge is -2.36. The summed E-state index contributed by atoms with van der Waals surface area (Å²) in [5.74, 6) is 1.75. The smallest absolute Gasteiger partial charge is 0.180 e. The van der Waals surface area contributed by atoms with Crippen molar-refractivity contribution in [2.45, 2.75) is 27.3 Å². The highest BCUT2D eigenvalue weighted by Crippen LogP contribution is 2.25. The lowest BCUT2D eigenvalue weighted by Crippen LogP contribution is -2.46. The average molecular weight is 374 g/mol. The number of hydrogen-bond donors (Lipinski definition) is 0. The van der Waals surface area contributed by atoms with Crippen LogP contribution in [0.3, 0.4) is 0 Å². The number of nitrogens with zero attached hydrogens (tertiary/aromatic N) is 5. The Bertz CT molecular complexity index is 946. The Morgan fingerprint density at radius 1 is 0.893 bits per heavy atom. The Labute approximate surface area is 167 Å². The topological polar surface area (TPSA) is 45.2 Å². The van der Waals surface area contributed by atoms with E-state index in [1.54, 1.807) is 6.20 Å². The lowest BCUT2D eigenvalue weighted by atomic mass is 10.1. The van der Waals surface area contributed by atoms with E-state index in [0.29, 0.717) is 5.82 Å². The molecule has 1 fully saturated rings. The Balaban J connectivity index is 1.49. The van der Waals surface area contributed by atoms with Gasteiger partial charge in [-0.15, -0.1) is 0 Å². The highest BCUT2D eigenvalue weighted by atomic mass is 15.3. The van der Waals surface area contributed by atoms with Crippen LogP contribution in [0.2, 0.25) is 0 Å². The van der Waals surface area contributed by atoms with Crippen LogP contribution in [0.5, 0.6) is 0 Å². The third-order valence-corrected chi connectivity index (χ3v) is 5.42. The molecule has 1 aliphatic heterocycles. The molecule has 4 rings (SSSR count). The van der Waals surface area contributed by atoms with Crippen LogP contribution in [0.15, 0.2) is 48.7 Å². The van der Waals surface area contributed by atoms with Gasteiger partial charge in [-0.1, -0.05) is 35.9 Å². The number of rotatable bonds is 4. The van der Waals surface area contributed by atoms with E-state index in [9.17, 15) is 0 Å². The molecule has 0 atom stereocenters. The monoisotopic (exact) mass is 373 g/mol. The number of anilines is 1. The molecule has 0 radical (unpaired) electrons. The Hall–Kier alpha value is -2.79. The van der Waals surface area contributed by atoms with Crippen LogP contribution in [0, 0.1) is 20.8 Å². The molecule has 0 N–H and O–H groups in total. The quantitative estimate of drug-likeness (QED) is 0.696. The van der Waals surface area contributed by atoms with Gasteiger partial charge in [-0.3, -0.25) is 9.88 Å². The normalized spacial score (nSPS) is 15.0. The van der Waals surface area contributed by atoms with Gasteiger partial charge in [0.1, 0.15) is 11.5 Å². The number of hydrogen-bond acceptors (Lipinski definition) is 5. The van der Waals surface area contributed by atoms with Gasteiger partial charge < -0.3 is 4.90 Å². The van der Waals surface area contributed by atoms with E-state index in [1.807, 2.05) is 18.2 Å². The standard InChI is InChI=1S/C23H27N5/c1-17-7-6-8-20(15-17)16-27-11-13-28(14-12-27)23-18(2)19(3)25-22(26-23)21-9-4-5-10-24-21/h4-10,15H,11-14,16H2,1-3H3. The van der Waals surface area contributed by atoms with E-state index < -0.39 is 0 Å². The van der Waals surface area contributed by atoms with E-state index in [2.05, 4.69) is 64.8 Å². The molecular weight excluding hydrogens is 346 g/mol. The van der Waals surface area contributed by atoms with Crippen molar-refractivity contribution in [2.24, 2.45) is 0 Å². The molecule has 3 aromatic rings. The molecule has 0 spiro atoms. The zero-order valence-corrected chi connectivity index (χ0v) is 16.9. The molecule has 1 aliphatic rings. The molecule has 5 nitrogen and oxygen atoms in total. The van der Waals surface area contributed by atoms with Crippen molar-refractivity contribution in [3.8, 4) is 11.5 Å². The van der Waals surface area contributed by atoms with Crippen LogP contribution in [0.4, 0.5) is 5.82 Å². The number of piperazine rings is 1. The first-order valence-electron chi connectivity index (χ1n) is 9.89. The molecule has 0 amide bonds. The molecule has 28 heavy (non-hydrogen) atoms. The van der Waals surface area contributed by atoms with E-state index >= 15 is 0 Å². The van der Waals surface area contributed by atoms with Crippen molar-refractivity contribution in [1.82, 2.24) is 19.9 Å². The fraction of sp³-hybridized carbons (Fsp3) is 0.348. The third-order valence-electron chi connectivity index (χ3n) is 5.42. The molecule has 144 valence electrons. The summed E-state index contributed by atoms with van der Waals surface area (Å²) < 4.78 is 0. The van der Waals surface area contributed by atoms with E-state index in [0.717, 1.165) is 55.5 Å². The minimum Gasteiger partial charge on any atom is -0.354 e. The van der Waals surface area contributed by atoms with Gasteiger partial charge in [0.25, 0.3) is 0 Å². The summed E-state index contributed by atoms with van der Waals surface area (Å²) in [4.78, 5) is 18.9. The summed E-state index contributed by atoms with van der Waals surface area (Å²) in [6.07, 6.45) is 1.79. The van der Waals surface area contributed by atoms with Gasteiger partial charge in [-0.25, -0.2) is 9.97 Å². The third kappa shape index (κ3) is 4.04. The number of aromatic nitrogens is 3. The van der Waals surface area contributed by atoms with Gasteiger partial charge in [0, 0.05) is 50.2 Å². The van der Waals surface area contributed by atoms with Crippen LogP contribution in [0.25, 0.3) is 11.5 Å². The van der Waals surface area contributed by atoms with Crippen LogP contribution in [-0.2, 0) is 6.54 Å². The molecule has 0 bridgehead atoms. The predicted octanol–water partition coefficient (Wildman–Crippen LogP) is 3.79. The van der Waals surface area contributed by atoms with Crippen LogP contribution in [0.1, 0.15) is 22.4 Å². The van der Waals surface area contributed by atoms with Gasteiger partial charge in [0.2, 0.25) is 0 Å². The van der Waals surface area contributed by atoms with Gasteiger partial charge in [0.05, 0.1) is 0 Å². The second-order valence-electron chi connectivity index (χ2n) is 7.55. The Kier molecular flexibility index (Phi) is 5.35. The minimum absolute atomic E-state index is 0.709. The zero-order chi connectivity index (χ0) is 19.5. The van der Waals surface area contributed by atoms with Crippen molar-refractivity contribution >= 4 is 5.82 Å². The maximum absolute atomic E-state index is 4.88.